The summed E-state index contributed by atoms with van der Waals surface area (Å²) in [6, 6.07) is 8.39. The first kappa shape index (κ1) is 9.72. The van der Waals surface area contributed by atoms with Gasteiger partial charge in [0.05, 0.1) is 0 Å². The standard InChI is InChI=1S/C10H9N.C2H6/c1-8-2-3-9-4-5-11-7-10(9)6-8;1-2/h2-7H,1H3;1-2H3. The van der Waals surface area contributed by atoms with Gasteiger partial charge in [0.2, 0.25) is 0 Å². The number of rotatable bonds is 0. The Balaban J connectivity index is 0.000000396. The quantitative estimate of drug-likeness (QED) is 0.593. The van der Waals surface area contributed by atoms with Crippen molar-refractivity contribution in [1.82, 2.24) is 4.98 Å². The first-order valence-electron chi connectivity index (χ1n) is 4.67. The van der Waals surface area contributed by atoms with E-state index >= 15 is 0 Å². The van der Waals surface area contributed by atoms with Gasteiger partial charge in [-0.05, 0) is 24.4 Å². The molecule has 0 bridgehead atoms. The smallest absolute Gasteiger partial charge is 0.0346 e. The second-order valence-electron chi connectivity index (χ2n) is 2.73. The van der Waals surface area contributed by atoms with Gasteiger partial charge in [-0.2, -0.15) is 0 Å². The van der Waals surface area contributed by atoms with E-state index < -0.39 is 0 Å². The van der Waals surface area contributed by atoms with Crippen LogP contribution in [0.5, 0.6) is 0 Å². The number of fused-ring (bicyclic) bond motifs is 1. The van der Waals surface area contributed by atoms with Gasteiger partial charge in [-0.3, -0.25) is 4.98 Å². The normalized spacial score (nSPS) is 9.15. The summed E-state index contributed by atoms with van der Waals surface area (Å²) in [6.45, 7) is 6.09. The fourth-order valence-electron chi connectivity index (χ4n) is 1.20. The highest BCUT2D eigenvalue weighted by molar-refractivity contribution is 5.81. The maximum atomic E-state index is 4.05. The molecule has 0 atom stereocenters. The Bertz CT molecular complexity index is 380. The molecule has 0 saturated heterocycles. The van der Waals surface area contributed by atoms with Crippen LogP contribution in [-0.2, 0) is 0 Å². The van der Waals surface area contributed by atoms with Crippen LogP contribution >= 0.6 is 0 Å². The second-order valence-corrected chi connectivity index (χ2v) is 2.73. The molecule has 13 heavy (non-hydrogen) atoms. The van der Waals surface area contributed by atoms with Crippen LogP contribution in [0.4, 0.5) is 0 Å². The molecule has 0 unspecified atom stereocenters. The van der Waals surface area contributed by atoms with Gasteiger partial charge in [-0.25, -0.2) is 0 Å². The molecule has 0 radical (unpaired) electrons. The van der Waals surface area contributed by atoms with Crippen molar-refractivity contribution in [3.8, 4) is 0 Å². The van der Waals surface area contributed by atoms with Gasteiger partial charge in [-0.1, -0.05) is 31.5 Å². The Morgan fingerprint density at radius 1 is 1.00 bits per heavy atom. The predicted octanol–water partition coefficient (Wildman–Crippen LogP) is 3.57. The highest BCUT2D eigenvalue weighted by atomic mass is 14.6. The van der Waals surface area contributed by atoms with E-state index in [2.05, 4.69) is 30.1 Å². The minimum atomic E-state index is 1.22. The first-order valence-corrected chi connectivity index (χ1v) is 4.67. The minimum Gasteiger partial charge on any atom is -0.264 e. The van der Waals surface area contributed by atoms with Gasteiger partial charge in [-0.15, -0.1) is 0 Å². The minimum absolute atomic E-state index is 1.22. The lowest BCUT2D eigenvalue weighted by Gasteiger charge is -1.96. The molecule has 0 spiro atoms. The third-order valence-electron chi connectivity index (χ3n) is 1.80. The van der Waals surface area contributed by atoms with E-state index in [1.54, 1.807) is 0 Å². The third-order valence-corrected chi connectivity index (χ3v) is 1.80. The van der Waals surface area contributed by atoms with Crippen LogP contribution < -0.4 is 0 Å². The van der Waals surface area contributed by atoms with E-state index in [-0.39, 0.29) is 0 Å². The number of hydrogen-bond donors (Lipinski definition) is 0. The second kappa shape index (κ2) is 4.61. The number of benzene rings is 1. The molecule has 1 aromatic carbocycles. The fraction of sp³-hybridized carbons (Fsp3) is 0.250. The monoisotopic (exact) mass is 173 g/mol. The van der Waals surface area contributed by atoms with Crippen molar-refractivity contribution in [3.05, 3.63) is 42.2 Å². The predicted molar refractivity (Wildman–Crippen MR) is 57.8 cm³/mol. The molecule has 0 N–H and O–H groups in total. The molecule has 2 rings (SSSR count). The topological polar surface area (TPSA) is 12.9 Å². The van der Waals surface area contributed by atoms with Gasteiger partial charge in [0.15, 0.2) is 0 Å². The molecule has 1 nitrogen and oxygen atoms in total. The van der Waals surface area contributed by atoms with Crippen LogP contribution in [0.3, 0.4) is 0 Å². The van der Waals surface area contributed by atoms with E-state index in [0.717, 1.165) is 0 Å². The third kappa shape index (κ3) is 2.28. The van der Waals surface area contributed by atoms with Crippen molar-refractivity contribution in [2.24, 2.45) is 0 Å². The highest BCUT2D eigenvalue weighted by Gasteiger charge is 1.90. The molecule has 0 aliphatic heterocycles. The van der Waals surface area contributed by atoms with Crippen molar-refractivity contribution >= 4 is 10.8 Å². The molecule has 1 aromatic heterocycles. The largest absolute Gasteiger partial charge is 0.264 e. The van der Waals surface area contributed by atoms with E-state index in [1.165, 1.54) is 16.3 Å². The summed E-state index contributed by atoms with van der Waals surface area (Å²) < 4.78 is 0. The maximum Gasteiger partial charge on any atom is 0.0346 e. The molecule has 2 aromatic rings. The number of hydrogen-bond acceptors (Lipinski definition) is 1. The molecule has 0 saturated carbocycles. The average molecular weight is 173 g/mol. The summed E-state index contributed by atoms with van der Waals surface area (Å²) in [5, 5.41) is 2.47. The van der Waals surface area contributed by atoms with Crippen LogP contribution in [0.15, 0.2) is 36.7 Å². The van der Waals surface area contributed by atoms with Crippen LogP contribution in [0.1, 0.15) is 19.4 Å². The van der Waals surface area contributed by atoms with Crippen LogP contribution in [-0.4, -0.2) is 4.98 Å². The van der Waals surface area contributed by atoms with Crippen molar-refractivity contribution in [3.63, 3.8) is 0 Å². The summed E-state index contributed by atoms with van der Waals surface area (Å²) in [5.74, 6) is 0. The zero-order chi connectivity index (χ0) is 9.68. The Labute approximate surface area is 79.4 Å². The van der Waals surface area contributed by atoms with E-state index in [9.17, 15) is 0 Å². The van der Waals surface area contributed by atoms with Crippen LogP contribution in [0.25, 0.3) is 10.8 Å². The van der Waals surface area contributed by atoms with Crippen LogP contribution in [0.2, 0.25) is 0 Å². The Kier molecular flexibility index (Phi) is 3.44. The molecule has 0 aliphatic rings. The van der Waals surface area contributed by atoms with E-state index in [0.29, 0.717) is 0 Å². The lowest BCUT2D eigenvalue weighted by molar-refractivity contribution is 1.36. The zero-order valence-electron chi connectivity index (χ0n) is 8.41. The number of nitrogens with zero attached hydrogens (tertiary/aromatic N) is 1. The lowest BCUT2D eigenvalue weighted by Crippen LogP contribution is -1.75. The molecule has 1 heteroatoms. The SMILES string of the molecule is CC.Cc1ccc2ccncc2c1. The van der Waals surface area contributed by atoms with E-state index in [4.69, 9.17) is 0 Å². The lowest BCUT2D eigenvalue weighted by atomic mass is 10.1. The van der Waals surface area contributed by atoms with Gasteiger partial charge in [0, 0.05) is 17.8 Å². The molecule has 1 heterocycles. The van der Waals surface area contributed by atoms with Crippen molar-refractivity contribution in [2.75, 3.05) is 0 Å². The van der Waals surface area contributed by atoms with Gasteiger partial charge >= 0.3 is 0 Å². The fourth-order valence-corrected chi connectivity index (χ4v) is 1.20. The first-order chi connectivity index (χ1) is 6.36. The van der Waals surface area contributed by atoms with Gasteiger partial charge in [0.25, 0.3) is 0 Å². The maximum absolute atomic E-state index is 4.05. The Morgan fingerprint density at radius 3 is 2.54 bits per heavy atom. The summed E-state index contributed by atoms with van der Waals surface area (Å²) >= 11 is 0. The van der Waals surface area contributed by atoms with E-state index in [1.807, 2.05) is 32.3 Å². The molecule has 0 aliphatic carbocycles. The van der Waals surface area contributed by atoms with Crippen molar-refractivity contribution in [2.45, 2.75) is 20.8 Å². The zero-order valence-corrected chi connectivity index (χ0v) is 8.41. The summed E-state index contributed by atoms with van der Waals surface area (Å²) in [5.41, 5.74) is 1.28. The number of pyridine rings is 1. The molecule has 0 amide bonds. The molecular formula is C12H15N. The number of aryl methyl sites for hydroxylation is 1. The van der Waals surface area contributed by atoms with Crippen molar-refractivity contribution < 1.29 is 0 Å². The van der Waals surface area contributed by atoms with Gasteiger partial charge < -0.3 is 0 Å². The molecular weight excluding hydrogens is 158 g/mol. The number of aromatic nitrogens is 1. The Hall–Kier alpha value is -1.37. The van der Waals surface area contributed by atoms with Crippen molar-refractivity contribution in [1.29, 1.82) is 0 Å². The summed E-state index contributed by atoms with van der Waals surface area (Å²) in [4.78, 5) is 4.05. The van der Waals surface area contributed by atoms with Gasteiger partial charge in [0.1, 0.15) is 0 Å². The highest BCUT2D eigenvalue weighted by Crippen LogP contribution is 2.12. The average Bonchev–Trinajstić information content (AvgIpc) is 2.21. The molecule has 68 valence electrons. The Morgan fingerprint density at radius 2 is 1.77 bits per heavy atom. The summed E-state index contributed by atoms with van der Waals surface area (Å²) in [6.07, 6.45) is 3.71. The summed E-state index contributed by atoms with van der Waals surface area (Å²) in [7, 11) is 0. The van der Waals surface area contributed by atoms with Crippen LogP contribution in [0, 0.1) is 6.92 Å². The molecule has 0 fully saturated rings.